The maximum Gasteiger partial charge on any atom is 0.134 e. The van der Waals surface area contributed by atoms with Gasteiger partial charge in [-0.2, -0.15) is 0 Å². The first-order chi connectivity index (χ1) is 10.3. The molecule has 3 nitrogen and oxygen atoms in total. The van der Waals surface area contributed by atoms with E-state index in [1.807, 2.05) is 12.1 Å². The summed E-state index contributed by atoms with van der Waals surface area (Å²) in [5.74, 6) is 1.09. The minimum Gasteiger partial charge on any atom is -0.461 e. The van der Waals surface area contributed by atoms with Crippen molar-refractivity contribution in [3.05, 3.63) is 35.6 Å². The Labute approximate surface area is 127 Å². The van der Waals surface area contributed by atoms with Crippen LogP contribution in [0.25, 0.3) is 11.0 Å². The van der Waals surface area contributed by atoms with Gasteiger partial charge >= 0.3 is 0 Å². The standard InChI is InChI=1S/C18H27NO2/c1-3-5-10-18-16(13-19-12-14(20)8-4-2)15-9-6-7-11-17(15)21-18/h6-7,9,11,14,19-20H,3-5,8,10,12-13H2,1-2H3. The predicted molar refractivity (Wildman–Crippen MR) is 87.4 cm³/mol. The van der Waals surface area contributed by atoms with Crippen LogP contribution < -0.4 is 5.32 Å². The number of benzene rings is 1. The summed E-state index contributed by atoms with van der Waals surface area (Å²) in [6.45, 7) is 5.69. The third-order valence-corrected chi connectivity index (χ3v) is 3.84. The SMILES string of the molecule is CCCCc1oc2ccccc2c1CNCC(O)CCC. The molecule has 1 aromatic heterocycles. The minimum absolute atomic E-state index is 0.257. The van der Waals surface area contributed by atoms with Crippen LogP contribution in [0.3, 0.4) is 0 Å². The number of unbranched alkanes of at least 4 members (excludes halogenated alkanes) is 1. The van der Waals surface area contributed by atoms with Crippen LogP contribution in [-0.4, -0.2) is 17.8 Å². The van der Waals surface area contributed by atoms with Gasteiger partial charge in [0.1, 0.15) is 11.3 Å². The second-order valence-electron chi connectivity index (χ2n) is 5.68. The molecule has 0 fully saturated rings. The maximum absolute atomic E-state index is 9.82. The third kappa shape index (κ3) is 4.32. The van der Waals surface area contributed by atoms with E-state index >= 15 is 0 Å². The number of hydrogen-bond acceptors (Lipinski definition) is 3. The molecular weight excluding hydrogens is 262 g/mol. The fourth-order valence-electron chi connectivity index (χ4n) is 2.68. The maximum atomic E-state index is 9.82. The molecule has 0 amide bonds. The van der Waals surface area contributed by atoms with Crippen molar-refractivity contribution in [1.29, 1.82) is 0 Å². The van der Waals surface area contributed by atoms with Gasteiger partial charge in [0.15, 0.2) is 0 Å². The van der Waals surface area contributed by atoms with E-state index in [-0.39, 0.29) is 6.10 Å². The van der Waals surface area contributed by atoms with Gasteiger partial charge in [0.25, 0.3) is 0 Å². The number of aryl methyl sites for hydroxylation is 1. The van der Waals surface area contributed by atoms with Crippen LogP contribution in [0.5, 0.6) is 0 Å². The number of rotatable bonds is 9. The lowest BCUT2D eigenvalue weighted by atomic mass is 10.1. The molecule has 0 aliphatic heterocycles. The van der Waals surface area contributed by atoms with Crippen LogP contribution in [0.1, 0.15) is 50.9 Å². The van der Waals surface area contributed by atoms with Crippen molar-refractivity contribution in [2.24, 2.45) is 0 Å². The van der Waals surface area contributed by atoms with E-state index < -0.39 is 0 Å². The molecule has 2 N–H and O–H groups in total. The summed E-state index contributed by atoms with van der Waals surface area (Å²) in [5, 5.41) is 14.4. The molecule has 1 unspecified atom stereocenters. The molecule has 1 atom stereocenters. The number of fused-ring (bicyclic) bond motifs is 1. The first kappa shape index (κ1) is 16.1. The monoisotopic (exact) mass is 289 g/mol. The molecule has 2 aromatic rings. The smallest absolute Gasteiger partial charge is 0.134 e. The second kappa shape index (κ2) is 8.20. The Bertz CT molecular complexity index is 547. The average Bonchev–Trinajstić information content (AvgIpc) is 2.83. The largest absolute Gasteiger partial charge is 0.461 e. The summed E-state index contributed by atoms with van der Waals surface area (Å²) in [6.07, 6.45) is 4.90. The first-order valence-electron chi connectivity index (χ1n) is 8.14. The van der Waals surface area contributed by atoms with E-state index in [0.717, 1.165) is 43.6 Å². The lowest BCUT2D eigenvalue weighted by Crippen LogP contribution is -2.26. The molecule has 1 heterocycles. The lowest BCUT2D eigenvalue weighted by Gasteiger charge is -2.11. The normalized spacial score (nSPS) is 12.9. The van der Waals surface area contributed by atoms with Crippen molar-refractivity contribution in [3.63, 3.8) is 0 Å². The van der Waals surface area contributed by atoms with Gasteiger partial charge in [-0.15, -0.1) is 0 Å². The van der Waals surface area contributed by atoms with E-state index in [9.17, 15) is 5.11 Å². The van der Waals surface area contributed by atoms with Gasteiger partial charge in [0.2, 0.25) is 0 Å². The quantitative estimate of drug-likeness (QED) is 0.732. The van der Waals surface area contributed by atoms with Gasteiger partial charge in [-0.1, -0.05) is 44.9 Å². The topological polar surface area (TPSA) is 45.4 Å². The van der Waals surface area contributed by atoms with E-state index in [1.165, 1.54) is 17.4 Å². The number of aliphatic hydroxyl groups excluding tert-OH is 1. The number of furan rings is 1. The molecule has 2 rings (SSSR count). The molecular formula is C18H27NO2. The predicted octanol–water partition coefficient (Wildman–Crippen LogP) is 4.03. The summed E-state index contributed by atoms with van der Waals surface area (Å²) < 4.78 is 6.00. The Morgan fingerprint density at radius 1 is 1.19 bits per heavy atom. The van der Waals surface area contributed by atoms with E-state index in [4.69, 9.17) is 4.42 Å². The fraction of sp³-hybridized carbons (Fsp3) is 0.556. The second-order valence-corrected chi connectivity index (χ2v) is 5.68. The first-order valence-corrected chi connectivity index (χ1v) is 8.14. The highest BCUT2D eigenvalue weighted by molar-refractivity contribution is 5.82. The van der Waals surface area contributed by atoms with Gasteiger partial charge in [-0.25, -0.2) is 0 Å². The summed E-state index contributed by atoms with van der Waals surface area (Å²) in [5.41, 5.74) is 2.22. The Balaban J connectivity index is 2.08. The molecule has 0 saturated carbocycles. The molecule has 116 valence electrons. The van der Waals surface area contributed by atoms with E-state index in [0.29, 0.717) is 6.54 Å². The molecule has 0 aliphatic rings. The Hall–Kier alpha value is -1.32. The third-order valence-electron chi connectivity index (χ3n) is 3.84. The molecule has 1 aromatic carbocycles. The zero-order chi connectivity index (χ0) is 15.1. The molecule has 0 spiro atoms. The van der Waals surface area contributed by atoms with Crippen LogP contribution in [0.2, 0.25) is 0 Å². The minimum atomic E-state index is -0.257. The van der Waals surface area contributed by atoms with Crippen molar-refractivity contribution in [2.75, 3.05) is 6.54 Å². The van der Waals surface area contributed by atoms with Crippen LogP contribution in [0.15, 0.2) is 28.7 Å². The summed E-state index contributed by atoms with van der Waals surface area (Å²) in [6, 6.07) is 8.21. The zero-order valence-corrected chi connectivity index (χ0v) is 13.2. The Morgan fingerprint density at radius 2 is 2.00 bits per heavy atom. The molecule has 0 bridgehead atoms. The van der Waals surface area contributed by atoms with Gasteiger partial charge in [0, 0.05) is 30.5 Å². The fourth-order valence-corrected chi connectivity index (χ4v) is 2.68. The van der Waals surface area contributed by atoms with Gasteiger partial charge in [-0.05, 0) is 18.9 Å². The van der Waals surface area contributed by atoms with Crippen molar-refractivity contribution in [2.45, 2.75) is 58.6 Å². The Morgan fingerprint density at radius 3 is 2.76 bits per heavy atom. The molecule has 0 radical (unpaired) electrons. The van der Waals surface area contributed by atoms with Crippen LogP contribution in [0, 0.1) is 0 Å². The summed E-state index contributed by atoms with van der Waals surface area (Å²) in [7, 11) is 0. The van der Waals surface area contributed by atoms with Crippen molar-refractivity contribution in [1.82, 2.24) is 5.32 Å². The number of aliphatic hydroxyl groups is 1. The highest BCUT2D eigenvalue weighted by Gasteiger charge is 2.13. The highest BCUT2D eigenvalue weighted by atomic mass is 16.3. The van der Waals surface area contributed by atoms with Crippen molar-refractivity contribution in [3.8, 4) is 0 Å². The summed E-state index contributed by atoms with van der Waals surface area (Å²) >= 11 is 0. The van der Waals surface area contributed by atoms with Crippen molar-refractivity contribution >= 4 is 11.0 Å². The molecule has 3 heteroatoms. The number of nitrogens with one attached hydrogen (secondary N) is 1. The van der Waals surface area contributed by atoms with Gasteiger partial charge in [0.05, 0.1) is 6.10 Å². The van der Waals surface area contributed by atoms with Gasteiger partial charge < -0.3 is 14.8 Å². The molecule has 0 aliphatic carbocycles. The zero-order valence-electron chi connectivity index (χ0n) is 13.2. The van der Waals surface area contributed by atoms with Gasteiger partial charge in [-0.3, -0.25) is 0 Å². The van der Waals surface area contributed by atoms with Crippen LogP contribution >= 0.6 is 0 Å². The number of hydrogen-bond donors (Lipinski definition) is 2. The highest BCUT2D eigenvalue weighted by Crippen LogP contribution is 2.27. The van der Waals surface area contributed by atoms with Crippen LogP contribution in [-0.2, 0) is 13.0 Å². The van der Waals surface area contributed by atoms with E-state index in [1.54, 1.807) is 0 Å². The molecule has 0 saturated heterocycles. The average molecular weight is 289 g/mol. The Kier molecular flexibility index (Phi) is 6.27. The summed E-state index contributed by atoms with van der Waals surface area (Å²) in [4.78, 5) is 0. The molecule has 21 heavy (non-hydrogen) atoms. The lowest BCUT2D eigenvalue weighted by molar-refractivity contribution is 0.160. The van der Waals surface area contributed by atoms with E-state index in [2.05, 4.69) is 31.3 Å². The van der Waals surface area contributed by atoms with Crippen molar-refractivity contribution < 1.29 is 9.52 Å². The number of para-hydroxylation sites is 1. The van der Waals surface area contributed by atoms with Crippen LogP contribution in [0.4, 0.5) is 0 Å².